The minimum Gasteiger partial charge on any atom is -0.311 e. The highest BCUT2D eigenvalue weighted by atomic mass is 15.1. The molecular weight excluding hydrogens is 581 g/mol. The Kier molecular flexibility index (Phi) is 9.22. The summed E-state index contributed by atoms with van der Waals surface area (Å²) < 4.78 is 0. The van der Waals surface area contributed by atoms with Crippen LogP contribution in [0.2, 0.25) is 0 Å². The van der Waals surface area contributed by atoms with Gasteiger partial charge >= 0.3 is 0 Å². The maximum Gasteiger partial charge on any atom is 0.0973 e. The van der Waals surface area contributed by atoms with E-state index in [1.165, 1.54) is 0 Å². The van der Waals surface area contributed by atoms with Crippen LogP contribution in [-0.4, -0.2) is 0 Å². The molecule has 7 aromatic rings. The molecule has 0 amide bonds. The molecule has 2 nitrogen and oxygen atoms in total. The minimum atomic E-state index is 0.955. The molecule has 7 rings (SSSR count). The van der Waals surface area contributed by atoms with Crippen molar-refractivity contribution in [2.45, 2.75) is 0 Å². The molecular formula is C46H34N2. The summed E-state index contributed by atoms with van der Waals surface area (Å²) in [4.78, 5) is 4.46. The molecule has 0 fully saturated rings. The van der Waals surface area contributed by atoms with E-state index in [0.29, 0.717) is 0 Å². The lowest BCUT2D eigenvalue weighted by atomic mass is 10.1. The van der Waals surface area contributed by atoms with Gasteiger partial charge in [0.2, 0.25) is 0 Å². The Morgan fingerprint density at radius 2 is 0.646 bits per heavy atom. The smallest absolute Gasteiger partial charge is 0.0973 e. The molecule has 0 radical (unpaired) electrons. The van der Waals surface area contributed by atoms with Crippen LogP contribution in [0.3, 0.4) is 0 Å². The third-order valence-electron chi connectivity index (χ3n) is 8.09. The molecule has 0 aromatic heterocycles. The van der Waals surface area contributed by atoms with Crippen molar-refractivity contribution in [1.29, 1.82) is 0 Å². The number of hydrogen-bond donors (Lipinski definition) is 0. The van der Waals surface area contributed by atoms with Gasteiger partial charge in [-0.15, -0.1) is 0 Å². The number of benzene rings is 6. The van der Waals surface area contributed by atoms with Gasteiger partial charge in [0, 0.05) is 28.4 Å². The average molecular weight is 615 g/mol. The molecule has 228 valence electrons. The first-order valence-corrected chi connectivity index (χ1v) is 16.1. The van der Waals surface area contributed by atoms with E-state index in [4.69, 9.17) is 0 Å². The number of nitrogens with zero attached hydrogens (tertiary/aromatic N) is 2. The number of hydrogen-bond acceptors (Lipinski definition) is 2. The molecule has 0 aliphatic heterocycles. The molecule has 0 saturated heterocycles. The van der Waals surface area contributed by atoms with Crippen LogP contribution in [0.5, 0.6) is 0 Å². The van der Waals surface area contributed by atoms with E-state index in [1.54, 1.807) is 0 Å². The second-order valence-electron chi connectivity index (χ2n) is 11.4. The largest absolute Gasteiger partial charge is 0.311 e. The first-order valence-electron chi connectivity index (χ1n) is 16.1. The van der Waals surface area contributed by atoms with E-state index in [2.05, 4.69) is 198 Å². The predicted octanol–water partition coefficient (Wildman–Crippen LogP) is 12.6. The summed E-state index contributed by atoms with van der Waals surface area (Å²) in [5.74, 6) is 0. The zero-order valence-electron chi connectivity index (χ0n) is 26.5. The normalized spacial score (nSPS) is 11.0. The lowest BCUT2D eigenvalue weighted by Crippen LogP contribution is -2.09. The van der Waals surface area contributed by atoms with Crippen molar-refractivity contribution in [3.05, 3.63) is 216 Å². The Hall–Kier alpha value is -6.56. The van der Waals surface area contributed by atoms with Gasteiger partial charge < -0.3 is 9.80 Å². The van der Waals surface area contributed by atoms with Gasteiger partial charge in [-0.05, 0) is 101 Å². The standard InChI is InChI=1S/C46H34N2/c1-5-13-41(14-6-1)47(42-15-7-2-8-16-42)45-33-29-39(30-34-45)27-25-37-21-23-38(24-22-37)26-28-40-31-35-46(36-32-40)48(43-17-9-3-10-18-43)44-19-11-4-12-20-44/h1-11,13-19,21-36H. The molecule has 0 spiro atoms. The number of rotatable bonds is 10. The Morgan fingerprint density at radius 1 is 0.312 bits per heavy atom. The fourth-order valence-electron chi connectivity index (χ4n) is 5.65. The van der Waals surface area contributed by atoms with E-state index < -0.39 is 0 Å². The second-order valence-corrected chi connectivity index (χ2v) is 11.4. The molecule has 0 saturated carbocycles. The van der Waals surface area contributed by atoms with Gasteiger partial charge in [-0.25, -0.2) is 0 Å². The van der Waals surface area contributed by atoms with Crippen LogP contribution in [0.1, 0.15) is 22.3 Å². The van der Waals surface area contributed by atoms with E-state index in [0.717, 1.165) is 56.4 Å². The summed E-state index contributed by atoms with van der Waals surface area (Å²) >= 11 is 0. The van der Waals surface area contributed by atoms with Gasteiger partial charge in [-0.1, -0.05) is 140 Å². The summed E-state index contributed by atoms with van der Waals surface area (Å²) in [6, 6.07) is 69.5. The van der Waals surface area contributed by atoms with Crippen molar-refractivity contribution in [2.24, 2.45) is 0 Å². The highest BCUT2D eigenvalue weighted by Gasteiger charge is 2.12. The zero-order chi connectivity index (χ0) is 32.4. The molecule has 0 atom stereocenters. The molecule has 0 N–H and O–H groups in total. The van der Waals surface area contributed by atoms with Crippen molar-refractivity contribution in [1.82, 2.24) is 0 Å². The van der Waals surface area contributed by atoms with Crippen LogP contribution in [0, 0.1) is 12.1 Å². The van der Waals surface area contributed by atoms with Gasteiger partial charge in [0.25, 0.3) is 0 Å². The number of para-hydroxylation sites is 3. The monoisotopic (exact) mass is 614 g/mol. The highest BCUT2D eigenvalue weighted by Crippen LogP contribution is 2.35. The molecule has 0 bridgehead atoms. The third-order valence-corrected chi connectivity index (χ3v) is 8.09. The summed E-state index contributed by atoms with van der Waals surface area (Å²) in [6.07, 6.45) is 8.63. The van der Waals surface area contributed by atoms with Crippen molar-refractivity contribution in [3.63, 3.8) is 0 Å². The summed E-state index contributed by atoms with van der Waals surface area (Å²) in [5, 5.41) is 0. The van der Waals surface area contributed by atoms with Crippen LogP contribution in [0.25, 0.3) is 24.3 Å². The van der Waals surface area contributed by atoms with E-state index in [-0.39, 0.29) is 0 Å². The van der Waals surface area contributed by atoms with Crippen LogP contribution in [0.15, 0.2) is 182 Å². The Balaban J connectivity index is 1.01. The van der Waals surface area contributed by atoms with Crippen molar-refractivity contribution >= 4 is 58.4 Å². The Labute approximate surface area is 283 Å². The molecule has 0 heterocycles. The van der Waals surface area contributed by atoms with E-state index >= 15 is 0 Å². The van der Waals surface area contributed by atoms with Crippen LogP contribution >= 0.6 is 0 Å². The maximum atomic E-state index is 3.25. The molecule has 0 unspecified atom stereocenters. The van der Waals surface area contributed by atoms with Gasteiger partial charge in [0.1, 0.15) is 0 Å². The zero-order valence-corrected chi connectivity index (χ0v) is 26.5. The molecule has 7 aromatic carbocycles. The third kappa shape index (κ3) is 7.29. The van der Waals surface area contributed by atoms with Gasteiger partial charge in [-0.3, -0.25) is 0 Å². The first-order chi connectivity index (χ1) is 23.8. The van der Waals surface area contributed by atoms with E-state index in [9.17, 15) is 0 Å². The van der Waals surface area contributed by atoms with E-state index in [1.807, 2.05) is 30.3 Å². The predicted molar refractivity (Wildman–Crippen MR) is 204 cm³/mol. The molecule has 0 aliphatic rings. The topological polar surface area (TPSA) is 6.48 Å². The highest BCUT2D eigenvalue weighted by molar-refractivity contribution is 5.79. The lowest BCUT2D eigenvalue weighted by molar-refractivity contribution is 1.28. The lowest BCUT2D eigenvalue weighted by Gasteiger charge is -2.25. The van der Waals surface area contributed by atoms with Gasteiger partial charge in [0.05, 0.1) is 5.69 Å². The average Bonchev–Trinajstić information content (AvgIpc) is 3.17. The minimum absolute atomic E-state index is 0.955. The quantitative estimate of drug-likeness (QED) is 0.141. The van der Waals surface area contributed by atoms with Crippen molar-refractivity contribution < 1.29 is 0 Å². The van der Waals surface area contributed by atoms with Crippen molar-refractivity contribution in [2.75, 3.05) is 9.80 Å². The van der Waals surface area contributed by atoms with Crippen LogP contribution in [0.4, 0.5) is 34.1 Å². The molecule has 48 heavy (non-hydrogen) atoms. The van der Waals surface area contributed by atoms with Crippen molar-refractivity contribution in [3.8, 4) is 0 Å². The second kappa shape index (κ2) is 14.7. The fourth-order valence-corrected chi connectivity index (χ4v) is 5.65. The first kappa shape index (κ1) is 30.1. The maximum absolute atomic E-state index is 3.25. The SMILES string of the molecule is c1cccc(N(c2ccccc2)c2ccc(C=Cc3ccc(C=Cc4ccc(N(c5ccccc5)c5ccccc5)cc4)cc3)cc2)c#1. The Bertz CT molecular complexity index is 1830. The summed E-state index contributed by atoms with van der Waals surface area (Å²) in [6.45, 7) is 0. The van der Waals surface area contributed by atoms with Gasteiger partial charge in [-0.2, -0.15) is 0 Å². The van der Waals surface area contributed by atoms with Gasteiger partial charge in [0.15, 0.2) is 0 Å². The van der Waals surface area contributed by atoms with Crippen LogP contribution < -0.4 is 9.80 Å². The molecule has 2 heteroatoms. The van der Waals surface area contributed by atoms with Crippen LogP contribution in [-0.2, 0) is 0 Å². The fraction of sp³-hybridized carbons (Fsp3) is 0. The summed E-state index contributed by atoms with van der Waals surface area (Å²) in [7, 11) is 0. The Morgan fingerprint density at radius 3 is 1.02 bits per heavy atom. The summed E-state index contributed by atoms with van der Waals surface area (Å²) in [5.41, 5.74) is 11.1. The molecule has 0 aliphatic carbocycles. The number of anilines is 6.